The van der Waals surface area contributed by atoms with Crippen molar-refractivity contribution >= 4 is 35.9 Å². The summed E-state index contributed by atoms with van der Waals surface area (Å²) in [4.78, 5) is 38.2. The van der Waals surface area contributed by atoms with Crippen LogP contribution in [0, 0.1) is 23.3 Å². The van der Waals surface area contributed by atoms with Gasteiger partial charge in [-0.3, -0.25) is 0 Å². The van der Waals surface area contributed by atoms with Crippen LogP contribution in [0.5, 0.6) is 0 Å². The van der Waals surface area contributed by atoms with Gasteiger partial charge in [0.15, 0.2) is 0 Å². The molecule has 0 radical (unpaired) electrons. The Morgan fingerprint density at radius 2 is 1.19 bits per heavy atom. The normalized spacial score (nSPS) is 14.5. The maximum Gasteiger partial charge on any atom is 0.341 e. The predicted molar refractivity (Wildman–Crippen MR) is 171 cm³/mol. The van der Waals surface area contributed by atoms with Crippen molar-refractivity contribution in [1.82, 2.24) is 19.9 Å². The molecule has 0 spiro atoms. The lowest BCUT2D eigenvalue weighted by atomic mass is 9.91. The third kappa shape index (κ3) is 10.1. The Morgan fingerprint density at radius 3 is 1.58 bits per heavy atom. The highest BCUT2D eigenvalue weighted by Crippen LogP contribution is 2.51. The number of nitrogens with two attached hydrogens (primary N) is 1. The van der Waals surface area contributed by atoms with Gasteiger partial charge in [-0.05, 0) is 68.8 Å². The molecule has 0 atom stereocenters. The van der Waals surface area contributed by atoms with Crippen LogP contribution in [0.15, 0.2) is 61.2 Å². The minimum atomic E-state index is -0.586. The van der Waals surface area contributed by atoms with Crippen LogP contribution in [-0.2, 0) is 26.8 Å². The first-order chi connectivity index (χ1) is 22.4. The molecule has 2 fully saturated rings. The summed E-state index contributed by atoms with van der Waals surface area (Å²) in [5, 5.41) is 0.114. The summed E-state index contributed by atoms with van der Waals surface area (Å²) in [5.41, 5.74) is 6.39. The predicted octanol–water partition coefficient (Wildman–Crippen LogP) is 6.85. The zero-order valence-corrected chi connectivity index (χ0v) is 27.6. The number of carbonyl (C=O) groups is 2. The number of rotatable bonds is 8. The van der Waals surface area contributed by atoms with Crippen molar-refractivity contribution in [3.63, 3.8) is 0 Å². The van der Waals surface area contributed by atoms with Crippen molar-refractivity contribution in [2.24, 2.45) is 5.73 Å². The number of halogens is 6. The van der Waals surface area contributed by atoms with Crippen molar-refractivity contribution in [3.8, 4) is 0 Å². The second-order valence-corrected chi connectivity index (χ2v) is 11.3. The van der Waals surface area contributed by atoms with E-state index in [1.165, 1.54) is 49.1 Å². The molecule has 256 valence electrons. The molecule has 0 saturated heterocycles. The molecule has 2 aliphatic rings. The largest absolute Gasteiger partial charge is 0.462 e. The van der Waals surface area contributed by atoms with Gasteiger partial charge in [0.05, 0.1) is 24.3 Å². The summed E-state index contributed by atoms with van der Waals surface area (Å²) in [6.45, 7) is 4.07. The number of esters is 2. The fourth-order valence-electron chi connectivity index (χ4n) is 4.61. The molecule has 2 heterocycles. The Bertz CT molecular complexity index is 1710. The van der Waals surface area contributed by atoms with E-state index in [1.807, 2.05) is 0 Å². The third-order valence-corrected chi connectivity index (χ3v) is 7.65. The maximum absolute atomic E-state index is 14.0. The van der Waals surface area contributed by atoms with Crippen molar-refractivity contribution in [3.05, 3.63) is 118 Å². The molecule has 2 N–H and O–H groups in total. The number of hydrogen-bond donors (Lipinski definition) is 1. The van der Waals surface area contributed by atoms with E-state index in [9.17, 15) is 27.2 Å². The SMILES string of the molecule is CCOC(=O)c1cnc(CC2(c3ccc(F)cc3F)CC2)nc1.CCOC(=O)c1cnc(Cl)nc1.Cl.NC1(c2ccc(F)cc2F)CC1. The lowest BCUT2D eigenvalue weighted by molar-refractivity contribution is 0.0515. The van der Waals surface area contributed by atoms with Crippen LogP contribution in [0.25, 0.3) is 0 Å². The number of carbonyl (C=O) groups excluding carboxylic acids is 2. The molecule has 0 amide bonds. The Labute approximate surface area is 285 Å². The van der Waals surface area contributed by atoms with Crippen molar-refractivity contribution in [1.29, 1.82) is 0 Å². The monoisotopic (exact) mass is 709 g/mol. The van der Waals surface area contributed by atoms with Gasteiger partial charge in [0.1, 0.15) is 29.1 Å². The van der Waals surface area contributed by atoms with Gasteiger partial charge in [-0.1, -0.05) is 12.1 Å². The summed E-state index contributed by atoms with van der Waals surface area (Å²) < 4.78 is 62.2. The molecule has 0 aliphatic heterocycles. The van der Waals surface area contributed by atoms with Crippen LogP contribution < -0.4 is 5.73 Å². The summed E-state index contributed by atoms with van der Waals surface area (Å²) in [6, 6.07) is 7.21. The highest BCUT2D eigenvalue weighted by Gasteiger charge is 2.46. The number of benzene rings is 2. The lowest BCUT2D eigenvalue weighted by Crippen LogP contribution is -2.20. The van der Waals surface area contributed by atoms with Crippen LogP contribution in [0.3, 0.4) is 0 Å². The van der Waals surface area contributed by atoms with Gasteiger partial charge in [0.25, 0.3) is 0 Å². The number of ether oxygens (including phenoxy) is 2. The van der Waals surface area contributed by atoms with Gasteiger partial charge in [-0.2, -0.15) is 0 Å². The Morgan fingerprint density at radius 1 is 0.750 bits per heavy atom. The number of nitrogens with zero attached hydrogens (tertiary/aromatic N) is 4. The summed E-state index contributed by atoms with van der Waals surface area (Å²) in [5.74, 6) is -2.59. The molecule has 2 aromatic carbocycles. The van der Waals surface area contributed by atoms with E-state index in [1.54, 1.807) is 13.8 Å². The van der Waals surface area contributed by atoms with E-state index in [4.69, 9.17) is 26.8 Å². The fraction of sp³-hybridized carbons (Fsp3) is 0.333. The molecule has 0 unspecified atom stereocenters. The number of hydrogen-bond acceptors (Lipinski definition) is 9. The van der Waals surface area contributed by atoms with Gasteiger partial charge in [-0.15, -0.1) is 12.4 Å². The lowest BCUT2D eigenvalue weighted by Gasteiger charge is -2.15. The van der Waals surface area contributed by atoms with E-state index in [2.05, 4.69) is 19.9 Å². The zero-order chi connectivity index (χ0) is 34.2. The average molecular weight is 711 g/mol. The van der Waals surface area contributed by atoms with E-state index in [0.29, 0.717) is 35.5 Å². The van der Waals surface area contributed by atoms with Crippen molar-refractivity contribution in [2.45, 2.75) is 56.9 Å². The summed E-state index contributed by atoms with van der Waals surface area (Å²) in [6.07, 6.45) is 9.12. The van der Waals surface area contributed by atoms with Crippen molar-refractivity contribution in [2.75, 3.05) is 13.2 Å². The van der Waals surface area contributed by atoms with Crippen LogP contribution >= 0.6 is 24.0 Å². The van der Waals surface area contributed by atoms with Gasteiger partial charge in [-0.25, -0.2) is 47.1 Å². The Balaban J connectivity index is 0.000000212. The average Bonchev–Trinajstić information content (AvgIpc) is 3.97. The standard InChI is InChI=1S/C17H16F2N2O2.C9H9F2N.C7H7ClN2O2.ClH/c1-2-23-16(22)11-9-20-15(21-10-11)8-17(5-6-17)13-4-3-12(18)7-14(13)19;10-6-1-2-7(8(11)5-6)9(12)3-4-9;1-2-12-6(11)5-3-9-7(8)10-4-5;/h3-4,7,9-10H,2,5-6,8H2,1H3;1-2,5H,3-4,12H2;3-4H,2H2,1H3;1H. The van der Waals surface area contributed by atoms with Gasteiger partial charge >= 0.3 is 11.9 Å². The zero-order valence-electron chi connectivity index (χ0n) is 26.0. The van der Waals surface area contributed by atoms with Gasteiger partial charge < -0.3 is 15.2 Å². The van der Waals surface area contributed by atoms with Gasteiger partial charge in [0.2, 0.25) is 5.28 Å². The third-order valence-electron chi connectivity index (χ3n) is 7.46. The van der Waals surface area contributed by atoms with E-state index in [0.717, 1.165) is 37.8 Å². The first-order valence-corrected chi connectivity index (χ1v) is 15.1. The van der Waals surface area contributed by atoms with Crippen LogP contribution in [-0.4, -0.2) is 45.1 Å². The van der Waals surface area contributed by atoms with E-state index in [-0.39, 0.29) is 35.3 Å². The minimum absolute atomic E-state index is 0. The fourth-order valence-corrected chi connectivity index (χ4v) is 4.71. The van der Waals surface area contributed by atoms with Crippen LogP contribution in [0.4, 0.5) is 17.6 Å². The van der Waals surface area contributed by atoms with Crippen LogP contribution in [0.1, 0.15) is 77.2 Å². The van der Waals surface area contributed by atoms with Gasteiger partial charge in [0, 0.05) is 59.9 Å². The Kier molecular flexibility index (Phi) is 13.4. The molecule has 2 aromatic heterocycles. The molecule has 2 saturated carbocycles. The minimum Gasteiger partial charge on any atom is -0.462 e. The molecule has 48 heavy (non-hydrogen) atoms. The van der Waals surface area contributed by atoms with E-state index < -0.39 is 40.7 Å². The Hall–Kier alpha value is -4.20. The quantitative estimate of drug-likeness (QED) is 0.119. The molecule has 6 rings (SSSR count). The first kappa shape index (κ1) is 38.2. The summed E-state index contributed by atoms with van der Waals surface area (Å²) in [7, 11) is 0. The highest BCUT2D eigenvalue weighted by molar-refractivity contribution is 6.28. The molecule has 0 bridgehead atoms. The number of aromatic nitrogens is 4. The molecule has 9 nitrogen and oxygen atoms in total. The summed E-state index contributed by atoms with van der Waals surface area (Å²) >= 11 is 5.42. The smallest absolute Gasteiger partial charge is 0.341 e. The molecule has 15 heteroatoms. The highest BCUT2D eigenvalue weighted by atomic mass is 35.5. The molecule has 2 aliphatic carbocycles. The van der Waals surface area contributed by atoms with E-state index >= 15 is 0 Å². The topological polar surface area (TPSA) is 130 Å². The molecular weight excluding hydrogens is 677 g/mol. The second-order valence-electron chi connectivity index (χ2n) is 10.9. The molecular formula is C33H33Cl2F4N5O4. The molecule has 4 aromatic rings. The second kappa shape index (κ2) is 16.8. The maximum atomic E-state index is 14.0. The first-order valence-electron chi connectivity index (χ1n) is 14.7. The van der Waals surface area contributed by atoms with Crippen LogP contribution in [0.2, 0.25) is 5.28 Å². The van der Waals surface area contributed by atoms with Crippen molar-refractivity contribution < 1.29 is 36.6 Å².